The van der Waals surface area contributed by atoms with Gasteiger partial charge in [-0.3, -0.25) is 4.72 Å². The van der Waals surface area contributed by atoms with E-state index in [0.717, 1.165) is 36.2 Å². The molecule has 2 aromatic carbocycles. The summed E-state index contributed by atoms with van der Waals surface area (Å²) in [4.78, 5) is 0.287. The number of fused-ring (bicyclic) bond motifs is 1. The Bertz CT molecular complexity index is 752. The Kier molecular flexibility index (Phi) is 3.59. The summed E-state index contributed by atoms with van der Waals surface area (Å²) in [6, 6.07) is 12.5. The van der Waals surface area contributed by atoms with E-state index in [1.807, 2.05) is 25.1 Å². The van der Waals surface area contributed by atoms with E-state index >= 15 is 0 Å². The third kappa shape index (κ3) is 2.88. The highest BCUT2D eigenvalue weighted by Crippen LogP contribution is 2.30. The van der Waals surface area contributed by atoms with Crippen LogP contribution in [0.4, 0.5) is 11.4 Å². The molecular formula is C16H18N2O2S. The quantitative estimate of drug-likeness (QED) is 0.915. The molecule has 21 heavy (non-hydrogen) atoms. The van der Waals surface area contributed by atoms with E-state index in [1.165, 1.54) is 0 Å². The zero-order valence-corrected chi connectivity index (χ0v) is 12.7. The fourth-order valence-corrected chi connectivity index (χ4v) is 3.62. The molecule has 1 aliphatic rings. The summed E-state index contributed by atoms with van der Waals surface area (Å²) in [6.07, 6.45) is 1.89. The van der Waals surface area contributed by atoms with Gasteiger partial charge in [-0.2, -0.15) is 0 Å². The van der Waals surface area contributed by atoms with Crippen LogP contribution in [0.5, 0.6) is 0 Å². The molecule has 2 N–H and O–H groups in total. The van der Waals surface area contributed by atoms with Crippen molar-refractivity contribution in [1.82, 2.24) is 0 Å². The number of anilines is 2. The number of hydrogen-bond donors (Lipinski definition) is 2. The molecule has 0 saturated heterocycles. The highest BCUT2D eigenvalue weighted by molar-refractivity contribution is 7.92. The molecule has 1 aliphatic heterocycles. The minimum atomic E-state index is -3.54. The van der Waals surface area contributed by atoms with Gasteiger partial charge in [-0.1, -0.05) is 23.8 Å². The van der Waals surface area contributed by atoms with Crippen molar-refractivity contribution < 1.29 is 8.42 Å². The molecule has 5 heteroatoms. The lowest BCUT2D eigenvalue weighted by Crippen LogP contribution is -2.18. The zero-order chi connectivity index (χ0) is 14.9. The van der Waals surface area contributed by atoms with Crippen LogP contribution in [0.3, 0.4) is 0 Å². The summed E-state index contributed by atoms with van der Waals surface area (Å²) in [5, 5.41) is 3.30. The van der Waals surface area contributed by atoms with Crippen LogP contribution >= 0.6 is 0 Å². The van der Waals surface area contributed by atoms with Gasteiger partial charge in [0.05, 0.1) is 10.6 Å². The van der Waals surface area contributed by atoms with Crippen molar-refractivity contribution in [2.75, 3.05) is 16.6 Å². The van der Waals surface area contributed by atoms with Gasteiger partial charge in [0, 0.05) is 12.2 Å². The smallest absolute Gasteiger partial charge is 0.261 e. The number of hydrogen-bond acceptors (Lipinski definition) is 3. The number of rotatable bonds is 3. The van der Waals surface area contributed by atoms with Gasteiger partial charge < -0.3 is 5.32 Å². The van der Waals surface area contributed by atoms with Crippen molar-refractivity contribution in [3.05, 3.63) is 53.6 Å². The first-order valence-electron chi connectivity index (χ1n) is 7.01. The molecule has 110 valence electrons. The molecule has 0 aliphatic carbocycles. The van der Waals surface area contributed by atoms with E-state index in [4.69, 9.17) is 0 Å². The van der Waals surface area contributed by atoms with E-state index in [2.05, 4.69) is 10.0 Å². The van der Waals surface area contributed by atoms with Crippen molar-refractivity contribution in [3.8, 4) is 0 Å². The maximum absolute atomic E-state index is 12.5. The fourth-order valence-electron chi connectivity index (χ4n) is 2.53. The summed E-state index contributed by atoms with van der Waals surface area (Å²) in [5.41, 5.74) is 3.76. The van der Waals surface area contributed by atoms with E-state index in [-0.39, 0.29) is 4.90 Å². The minimum Gasteiger partial charge on any atom is -0.385 e. The Labute approximate surface area is 125 Å². The van der Waals surface area contributed by atoms with Crippen LogP contribution in [0, 0.1) is 6.92 Å². The van der Waals surface area contributed by atoms with Crippen LogP contribution in [-0.4, -0.2) is 15.0 Å². The Balaban J connectivity index is 1.94. The van der Waals surface area contributed by atoms with E-state index in [9.17, 15) is 8.42 Å². The molecule has 3 rings (SSSR count). The lowest BCUT2D eigenvalue weighted by Gasteiger charge is -2.21. The van der Waals surface area contributed by atoms with E-state index in [1.54, 1.807) is 24.3 Å². The Morgan fingerprint density at radius 3 is 2.62 bits per heavy atom. The lowest BCUT2D eigenvalue weighted by atomic mass is 10.0. The Morgan fingerprint density at radius 2 is 1.86 bits per heavy atom. The molecule has 0 saturated carbocycles. The number of benzene rings is 2. The molecular weight excluding hydrogens is 284 g/mol. The Morgan fingerprint density at radius 1 is 1.10 bits per heavy atom. The first-order chi connectivity index (χ1) is 10.1. The van der Waals surface area contributed by atoms with E-state index < -0.39 is 10.0 Å². The van der Waals surface area contributed by atoms with Gasteiger partial charge in [0.1, 0.15) is 0 Å². The molecule has 0 radical (unpaired) electrons. The molecule has 0 bridgehead atoms. The van der Waals surface area contributed by atoms with Crippen LogP contribution in [-0.2, 0) is 16.4 Å². The topological polar surface area (TPSA) is 58.2 Å². The highest BCUT2D eigenvalue weighted by Gasteiger charge is 2.18. The number of aryl methyl sites for hydroxylation is 1. The maximum atomic E-state index is 12.5. The van der Waals surface area contributed by atoms with Gasteiger partial charge in [-0.15, -0.1) is 0 Å². The van der Waals surface area contributed by atoms with Gasteiger partial charge in [0.25, 0.3) is 10.0 Å². The van der Waals surface area contributed by atoms with Gasteiger partial charge in [0.2, 0.25) is 0 Å². The van der Waals surface area contributed by atoms with Crippen LogP contribution in [0.2, 0.25) is 0 Å². The van der Waals surface area contributed by atoms with Gasteiger partial charge in [-0.25, -0.2) is 8.42 Å². The zero-order valence-electron chi connectivity index (χ0n) is 11.9. The lowest BCUT2D eigenvalue weighted by molar-refractivity contribution is 0.601. The molecule has 0 spiro atoms. The monoisotopic (exact) mass is 302 g/mol. The fraction of sp³-hybridized carbons (Fsp3) is 0.250. The summed E-state index contributed by atoms with van der Waals surface area (Å²) in [6.45, 7) is 2.87. The van der Waals surface area contributed by atoms with Gasteiger partial charge in [-0.05, 0) is 49.6 Å². The Hall–Kier alpha value is -2.01. The number of nitrogens with one attached hydrogen (secondary N) is 2. The molecule has 2 aromatic rings. The van der Waals surface area contributed by atoms with Crippen LogP contribution in [0.15, 0.2) is 47.4 Å². The highest BCUT2D eigenvalue weighted by atomic mass is 32.2. The maximum Gasteiger partial charge on any atom is 0.261 e. The summed E-state index contributed by atoms with van der Waals surface area (Å²) < 4.78 is 27.6. The van der Waals surface area contributed by atoms with Crippen molar-refractivity contribution in [2.45, 2.75) is 24.7 Å². The van der Waals surface area contributed by atoms with E-state index in [0.29, 0.717) is 5.69 Å². The molecule has 1 heterocycles. The summed E-state index contributed by atoms with van der Waals surface area (Å²) in [5.74, 6) is 0. The van der Waals surface area contributed by atoms with Crippen LogP contribution in [0.1, 0.15) is 17.5 Å². The molecule has 0 aromatic heterocycles. The van der Waals surface area contributed by atoms with Crippen LogP contribution in [0.25, 0.3) is 0 Å². The van der Waals surface area contributed by atoms with Crippen molar-refractivity contribution in [1.29, 1.82) is 0 Å². The molecule has 0 fully saturated rings. The largest absolute Gasteiger partial charge is 0.385 e. The average molecular weight is 302 g/mol. The normalized spacial score (nSPS) is 14.1. The van der Waals surface area contributed by atoms with Gasteiger partial charge in [0.15, 0.2) is 0 Å². The SMILES string of the molecule is Cc1ccc(S(=O)(=O)Nc2cccc3c2CCCN3)cc1. The van der Waals surface area contributed by atoms with Crippen molar-refractivity contribution in [2.24, 2.45) is 0 Å². The summed E-state index contributed by atoms with van der Waals surface area (Å²) >= 11 is 0. The predicted molar refractivity (Wildman–Crippen MR) is 85.2 cm³/mol. The summed E-state index contributed by atoms with van der Waals surface area (Å²) in [7, 11) is -3.54. The third-order valence-electron chi connectivity index (χ3n) is 3.67. The second-order valence-electron chi connectivity index (χ2n) is 5.28. The van der Waals surface area contributed by atoms with Crippen LogP contribution < -0.4 is 10.0 Å². The van der Waals surface area contributed by atoms with Crippen molar-refractivity contribution in [3.63, 3.8) is 0 Å². The standard InChI is InChI=1S/C16H18N2O2S/c1-12-7-9-13(10-8-12)21(19,20)18-16-6-2-5-15-14(16)4-3-11-17-15/h2,5-10,17-18H,3-4,11H2,1H3. The molecule has 4 nitrogen and oxygen atoms in total. The van der Waals surface area contributed by atoms with Crippen molar-refractivity contribution >= 4 is 21.4 Å². The second kappa shape index (κ2) is 5.41. The average Bonchev–Trinajstić information content (AvgIpc) is 2.48. The molecule has 0 atom stereocenters. The minimum absolute atomic E-state index is 0.287. The molecule has 0 amide bonds. The van der Waals surface area contributed by atoms with Gasteiger partial charge >= 0.3 is 0 Å². The second-order valence-corrected chi connectivity index (χ2v) is 6.96. The first-order valence-corrected chi connectivity index (χ1v) is 8.50. The number of sulfonamides is 1. The molecule has 0 unspecified atom stereocenters. The predicted octanol–water partition coefficient (Wildman–Crippen LogP) is 3.15. The first kappa shape index (κ1) is 13.9. The third-order valence-corrected chi connectivity index (χ3v) is 5.05.